The van der Waals surface area contributed by atoms with Crippen molar-refractivity contribution in [2.24, 2.45) is 0 Å². The molecular formula is C25H24ClN5S. The Morgan fingerprint density at radius 2 is 1.84 bits per heavy atom. The molecular weight excluding hydrogens is 438 g/mol. The molecule has 0 aliphatic carbocycles. The minimum Gasteiger partial charge on any atom is -0.305 e. The maximum atomic E-state index is 9.21. The summed E-state index contributed by atoms with van der Waals surface area (Å²) >= 11 is 7.62. The second-order valence-corrected chi connectivity index (χ2v) is 9.65. The molecule has 1 saturated heterocycles. The second kappa shape index (κ2) is 9.05. The van der Waals surface area contributed by atoms with Crippen LogP contribution in [-0.2, 0) is 6.54 Å². The van der Waals surface area contributed by atoms with Crippen LogP contribution in [0.25, 0.3) is 28.0 Å². The summed E-state index contributed by atoms with van der Waals surface area (Å²) in [5.41, 5.74) is 6.34. The van der Waals surface area contributed by atoms with Gasteiger partial charge in [0.05, 0.1) is 11.4 Å². The molecule has 3 aromatic heterocycles. The summed E-state index contributed by atoms with van der Waals surface area (Å²) in [6.07, 6.45) is 3.32. The van der Waals surface area contributed by atoms with Gasteiger partial charge in [0.2, 0.25) is 0 Å². The first kappa shape index (κ1) is 21.2. The average molecular weight is 462 g/mol. The highest BCUT2D eigenvalue weighted by atomic mass is 35.5. The van der Waals surface area contributed by atoms with Crippen LogP contribution in [0.2, 0.25) is 5.02 Å². The zero-order valence-electron chi connectivity index (χ0n) is 18.0. The minimum absolute atomic E-state index is 0.724. The fourth-order valence-electron chi connectivity index (χ4n) is 4.27. The molecule has 7 heteroatoms. The summed E-state index contributed by atoms with van der Waals surface area (Å²) < 4.78 is 2.22. The third-order valence-electron chi connectivity index (χ3n) is 6.06. The first-order valence-electron chi connectivity index (χ1n) is 10.8. The maximum Gasteiger partial charge on any atom is 0.137 e. The standard InChI is InChI=1S/C25H24ClN5S/c1-29-9-2-10-30(12-11-29)16-23-25(18-3-6-21(26)7-4-18)28-24-8-5-19(15-31(23)24)20-13-22(14-27)32-17-20/h3-8,13,15,17H,2,9-12,16H2,1H3. The molecule has 1 fully saturated rings. The van der Waals surface area contributed by atoms with E-state index in [1.54, 1.807) is 0 Å². The topological polar surface area (TPSA) is 47.6 Å². The molecule has 4 aromatic rings. The van der Waals surface area contributed by atoms with E-state index < -0.39 is 0 Å². The predicted octanol–water partition coefficient (Wildman–Crippen LogP) is 5.39. The van der Waals surface area contributed by atoms with Gasteiger partial charge in [-0.05, 0) is 73.4 Å². The Kier molecular flexibility index (Phi) is 5.99. The van der Waals surface area contributed by atoms with Crippen molar-refractivity contribution in [3.05, 3.63) is 69.6 Å². The van der Waals surface area contributed by atoms with E-state index in [0.717, 1.165) is 70.7 Å². The van der Waals surface area contributed by atoms with Gasteiger partial charge in [-0.25, -0.2) is 4.98 Å². The second-order valence-electron chi connectivity index (χ2n) is 8.30. The lowest BCUT2D eigenvalue weighted by Gasteiger charge is -2.20. The monoisotopic (exact) mass is 461 g/mol. The Balaban J connectivity index is 1.60. The van der Waals surface area contributed by atoms with Crippen LogP contribution in [0.4, 0.5) is 0 Å². The summed E-state index contributed by atoms with van der Waals surface area (Å²) in [4.78, 5) is 10.7. The van der Waals surface area contributed by atoms with Gasteiger partial charge in [0.25, 0.3) is 0 Å². The quantitative estimate of drug-likeness (QED) is 0.408. The lowest BCUT2D eigenvalue weighted by molar-refractivity contribution is 0.266. The number of pyridine rings is 1. The molecule has 4 heterocycles. The molecule has 0 N–H and O–H groups in total. The van der Waals surface area contributed by atoms with Crippen LogP contribution in [0, 0.1) is 11.3 Å². The summed E-state index contributed by atoms with van der Waals surface area (Å²) in [5.74, 6) is 0. The van der Waals surface area contributed by atoms with E-state index in [2.05, 4.69) is 45.6 Å². The van der Waals surface area contributed by atoms with Gasteiger partial charge in [-0.2, -0.15) is 5.26 Å². The van der Waals surface area contributed by atoms with Crippen LogP contribution in [0.15, 0.2) is 54.0 Å². The van der Waals surface area contributed by atoms with Crippen molar-refractivity contribution in [1.82, 2.24) is 19.2 Å². The van der Waals surface area contributed by atoms with E-state index in [4.69, 9.17) is 16.6 Å². The highest BCUT2D eigenvalue weighted by molar-refractivity contribution is 7.10. The number of fused-ring (bicyclic) bond motifs is 1. The predicted molar refractivity (Wildman–Crippen MR) is 131 cm³/mol. The number of hydrogen-bond donors (Lipinski definition) is 0. The van der Waals surface area contributed by atoms with Gasteiger partial charge in [-0.3, -0.25) is 4.90 Å². The SMILES string of the molecule is CN1CCCN(Cc2c(-c3ccc(Cl)cc3)nc3ccc(-c4csc(C#N)c4)cn23)CC1. The summed E-state index contributed by atoms with van der Waals surface area (Å²) in [6.45, 7) is 5.16. The lowest BCUT2D eigenvalue weighted by atomic mass is 10.1. The molecule has 0 radical (unpaired) electrons. The molecule has 0 bridgehead atoms. The first-order valence-corrected chi connectivity index (χ1v) is 12.0. The Morgan fingerprint density at radius 3 is 2.62 bits per heavy atom. The molecule has 0 unspecified atom stereocenters. The third kappa shape index (κ3) is 4.30. The van der Waals surface area contributed by atoms with Crippen LogP contribution in [0.1, 0.15) is 17.0 Å². The molecule has 0 amide bonds. The first-order chi connectivity index (χ1) is 15.6. The van der Waals surface area contributed by atoms with Gasteiger partial charge in [0.15, 0.2) is 0 Å². The van der Waals surface area contributed by atoms with Gasteiger partial charge in [0.1, 0.15) is 16.6 Å². The smallest absolute Gasteiger partial charge is 0.137 e. The van der Waals surface area contributed by atoms with Crippen molar-refractivity contribution < 1.29 is 0 Å². The van der Waals surface area contributed by atoms with Crippen molar-refractivity contribution in [3.8, 4) is 28.5 Å². The van der Waals surface area contributed by atoms with Crippen LogP contribution < -0.4 is 0 Å². The van der Waals surface area contributed by atoms with Gasteiger partial charge in [0, 0.05) is 36.4 Å². The summed E-state index contributed by atoms with van der Waals surface area (Å²) in [6, 6.07) is 16.3. The lowest BCUT2D eigenvalue weighted by Crippen LogP contribution is -2.29. The van der Waals surface area contributed by atoms with Crippen molar-refractivity contribution in [2.45, 2.75) is 13.0 Å². The van der Waals surface area contributed by atoms with E-state index in [-0.39, 0.29) is 0 Å². The Morgan fingerprint density at radius 1 is 1.03 bits per heavy atom. The molecule has 0 saturated carbocycles. The highest BCUT2D eigenvalue weighted by Crippen LogP contribution is 2.30. The van der Waals surface area contributed by atoms with Crippen LogP contribution in [0.5, 0.6) is 0 Å². The highest BCUT2D eigenvalue weighted by Gasteiger charge is 2.20. The largest absolute Gasteiger partial charge is 0.305 e. The van der Waals surface area contributed by atoms with E-state index in [0.29, 0.717) is 0 Å². The molecule has 0 atom stereocenters. The van der Waals surface area contributed by atoms with Crippen molar-refractivity contribution >= 4 is 28.6 Å². The molecule has 5 rings (SSSR count). The number of hydrogen-bond acceptors (Lipinski definition) is 5. The molecule has 1 aliphatic heterocycles. The van der Waals surface area contributed by atoms with Gasteiger partial charge in [-0.1, -0.05) is 23.7 Å². The van der Waals surface area contributed by atoms with E-state index in [1.165, 1.54) is 23.5 Å². The maximum absolute atomic E-state index is 9.21. The molecule has 32 heavy (non-hydrogen) atoms. The number of aromatic nitrogens is 2. The molecule has 5 nitrogen and oxygen atoms in total. The number of imidazole rings is 1. The van der Waals surface area contributed by atoms with E-state index >= 15 is 0 Å². The van der Waals surface area contributed by atoms with Gasteiger partial charge >= 0.3 is 0 Å². The number of benzene rings is 1. The Bertz CT molecular complexity index is 1280. The van der Waals surface area contributed by atoms with E-state index in [9.17, 15) is 5.26 Å². The number of rotatable bonds is 4. The third-order valence-corrected chi connectivity index (χ3v) is 7.15. The summed E-state index contributed by atoms with van der Waals surface area (Å²) in [7, 11) is 2.19. The Hall–Kier alpha value is -2.69. The number of likely N-dealkylation sites (N-methyl/N-ethyl adjacent to an activating group) is 1. The normalized spacial score (nSPS) is 15.7. The molecule has 0 spiro atoms. The van der Waals surface area contributed by atoms with Crippen molar-refractivity contribution in [3.63, 3.8) is 0 Å². The number of halogens is 1. The molecule has 162 valence electrons. The van der Waals surface area contributed by atoms with Crippen LogP contribution in [-0.4, -0.2) is 52.4 Å². The molecule has 1 aliphatic rings. The fraction of sp³-hybridized carbons (Fsp3) is 0.280. The average Bonchev–Trinajstić information content (AvgIpc) is 3.36. The van der Waals surface area contributed by atoms with Gasteiger partial charge < -0.3 is 9.30 Å². The van der Waals surface area contributed by atoms with Crippen molar-refractivity contribution in [2.75, 3.05) is 33.2 Å². The fourth-order valence-corrected chi connectivity index (χ4v) is 5.10. The molecule has 1 aromatic carbocycles. The van der Waals surface area contributed by atoms with Crippen molar-refractivity contribution in [1.29, 1.82) is 5.26 Å². The minimum atomic E-state index is 0.724. The Labute approximate surface area is 197 Å². The number of nitrogens with zero attached hydrogens (tertiary/aromatic N) is 5. The van der Waals surface area contributed by atoms with Crippen LogP contribution >= 0.6 is 22.9 Å². The summed E-state index contributed by atoms with van der Waals surface area (Å²) in [5, 5.41) is 12.0. The zero-order valence-corrected chi connectivity index (χ0v) is 19.5. The van der Waals surface area contributed by atoms with Crippen LogP contribution in [0.3, 0.4) is 0 Å². The van der Waals surface area contributed by atoms with Gasteiger partial charge in [-0.15, -0.1) is 11.3 Å². The number of thiophene rings is 1. The van der Waals surface area contributed by atoms with E-state index in [1.807, 2.05) is 35.7 Å². The number of nitriles is 1. The zero-order chi connectivity index (χ0) is 22.1.